The molecule has 3 N–H and O–H groups in total. The van der Waals surface area contributed by atoms with Crippen LogP contribution in [0.4, 0.5) is 24.5 Å². The summed E-state index contributed by atoms with van der Waals surface area (Å²) >= 11 is 0. The molecule has 0 amide bonds. The van der Waals surface area contributed by atoms with Gasteiger partial charge in [-0.05, 0) is 68.2 Å². The molecular formula is C36H50F3N5O2. The molecule has 2 unspecified atom stereocenters. The normalized spacial score (nSPS) is 14.3. The Morgan fingerprint density at radius 2 is 1.78 bits per heavy atom. The highest BCUT2D eigenvalue weighted by atomic mass is 19.4. The molecule has 1 heterocycles. The second-order valence-corrected chi connectivity index (χ2v) is 11.4. The van der Waals surface area contributed by atoms with Gasteiger partial charge in [-0.3, -0.25) is 0 Å². The quantitative estimate of drug-likeness (QED) is 0.141. The molecule has 1 aliphatic heterocycles. The van der Waals surface area contributed by atoms with Crippen LogP contribution >= 0.6 is 0 Å². The van der Waals surface area contributed by atoms with Gasteiger partial charge in [-0.1, -0.05) is 59.6 Å². The maximum Gasteiger partial charge on any atom is 0.416 e. The number of anilines is 2. The number of carbonyl (C=O) groups excluding carboxylic acids is 1. The van der Waals surface area contributed by atoms with Gasteiger partial charge in [0.15, 0.2) is 0 Å². The molecule has 2 aromatic rings. The summed E-state index contributed by atoms with van der Waals surface area (Å²) < 4.78 is 46.5. The predicted octanol–water partition coefficient (Wildman–Crippen LogP) is 9.07. The smallest absolute Gasteiger partial charge is 0.416 e. The van der Waals surface area contributed by atoms with E-state index in [9.17, 15) is 18.0 Å². The number of alkyl halides is 3. The van der Waals surface area contributed by atoms with Gasteiger partial charge in [0, 0.05) is 36.6 Å². The first-order valence-corrected chi connectivity index (χ1v) is 15.9. The van der Waals surface area contributed by atoms with Crippen molar-refractivity contribution in [2.24, 2.45) is 4.99 Å². The highest BCUT2D eigenvalue weighted by Crippen LogP contribution is 2.35. The van der Waals surface area contributed by atoms with E-state index >= 15 is 0 Å². The number of aliphatic imine (C=N–C) groups is 1. The van der Waals surface area contributed by atoms with Crippen molar-refractivity contribution in [3.8, 4) is 5.75 Å². The van der Waals surface area contributed by atoms with Crippen LogP contribution < -0.4 is 20.3 Å². The third-order valence-electron chi connectivity index (χ3n) is 8.06. The lowest BCUT2D eigenvalue weighted by atomic mass is 9.98. The number of aldehydes is 1. The summed E-state index contributed by atoms with van der Waals surface area (Å²) in [7, 11) is 3.30. The Labute approximate surface area is 272 Å². The molecule has 0 saturated heterocycles. The molecule has 2 atom stereocenters. The maximum atomic E-state index is 13.6. The van der Waals surface area contributed by atoms with E-state index in [-0.39, 0.29) is 18.0 Å². The van der Waals surface area contributed by atoms with Gasteiger partial charge in [-0.15, -0.1) is 0 Å². The number of unbranched alkanes of at least 4 members (excludes halogenated alkanes) is 1. The van der Waals surface area contributed by atoms with Crippen molar-refractivity contribution in [2.45, 2.75) is 98.3 Å². The molecule has 0 spiro atoms. The van der Waals surface area contributed by atoms with Gasteiger partial charge in [0.2, 0.25) is 0 Å². The van der Waals surface area contributed by atoms with Crippen molar-refractivity contribution >= 4 is 29.2 Å². The highest BCUT2D eigenvalue weighted by Gasteiger charge is 2.34. The van der Waals surface area contributed by atoms with E-state index in [4.69, 9.17) is 15.1 Å². The molecule has 10 heteroatoms. The average Bonchev–Trinajstić information content (AvgIpc) is 3.02. The minimum absolute atomic E-state index is 0.137. The molecule has 0 saturated carbocycles. The van der Waals surface area contributed by atoms with E-state index in [1.165, 1.54) is 25.8 Å². The van der Waals surface area contributed by atoms with Gasteiger partial charge in [0.25, 0.3) is 0 Å². The fourth-order valence-corrected chi connectivity index (χ4v) is 5.16. The van der Waals surface area contributed by atoms with Crippen LogP contribution in [0.5, 0.6) is 5.75 Å². The van der Waals surface area contributed by atoms with Crippen LogP contribution in [-0.2, 0) is 11.0 Å². The van der Waals surface area contributed by atoms with Gasteiger partial charge in [0.05, 0.1) is 35.7 Å². The van der Waals surface area contributed by atoms with Crippen molar-refractivity contribution in [3.63, 3.8) is 0 Å². The number of rotatable bonds is 14. The lowest BCUT2D eigenvalue weighted by Crippen LogP contribution is -2.45. The number of aryl methyl sites for hydroxylation is 1. The summed E-state index contributed by atoms with van der Waals surface area (Å²) in [6.45, 7) is 15.7. The predicted molar refractivity (Wildman–Crippen MR) is 184 cm³/mol. The SMILES string of the molecule is C=C1NC(c2cc(NC(CC=O)C(CC)N(C)c3ccc(C)c(C(F)(F)F)c3)ccc2OC)=NC(C(=N)CCC)=C1C.CCCC. The van der Waals surface area contributed by atoms with Crippen LogP contribution in [0.25, 0.3) is 0 Å². The molecule has 46 heavy (non-hydrogen) atoms. The Bertz CT molecular complexity index is 1430. The first-order chi connectivity index (χ1) is 21.8. The Hall–Kier alpha value is -4.08. The van der Waals surface area contributed by atoms with Crippen LogP contribution in [0.3, 0.4) is 0 Å². The van der Waals surface area contributed by atoms with Crippen molar-refractivity contribution in [1.29, 1.82) is 5.41 Å². The van der Waals surface area contributed by atoms with E-state index in [0.717, 1.165) is 24.3 Å². The molecule has 1 aliphatic rings. The first kappa shape index (κ1) is 38.1. The minimum atomic E-state index is -4.47. The molecule has 3 rings (SSSR count). The van der Waals surface area contributed by atoms with Crippen LogP contribution in [0.2, 0.25) is 0 Å². The van der Waals surface area contributed by atoms with Crippen LogP contribution in [0.1, 0.15) is 89.8 Å². The number of ether oxygens (including phenoxy) is 1. The van der Waals surface area contributed by atoms with Crippen molar-refractivity contribution in [3.05, 3.63) is 76.6 Å². The third-order valence-corrected chi connectivity index (χ3v) is 8.06. The molecule has 2 aromatic carbocycles. The largest absolute Gasteiger partial charge is 0.496 e. The van der Waals surface area contributed by atoms with Gasteiger partial charge in [0.1, 0.15) is 17.9 Å². The fourth-order valence-electron chi connectivity index (χ4n) is 5.16. The zero-order valence-electron chi connectivity index (χ0n) is 28.5. The third kappa shape index (κ3) is 9.71. The Balaban J connectivity index is 0.00000173. The number of carbonyl (C=O) groups is 1. The summed E-state index contributed by atoms with van der Waals surface area (Å²) in [5.41, 5.74) is 3.63. The first-order valence-electron chi connectivity index (χ1n) is 15.9. The number of hydrogen-bond donors (Lipinski definition) is 3. The van der Waals surface area contributed by atoms with Crippen molar-refractivity contribution < 1.29 is 22.7 Å². The van der Waals surface area contributed by atoms with Crippen molar-refractivity contribution in [2.75, 3.05) is 24.4 Å². The summed E-state index contributed by atoms with van der Waals surface area (Å²) in [4.78, 5) is 18.3. The van der Waals surface area contributed by atoms with Gasteiger partial charge < -0.3 is 30.5 Å². The number of amidine groups is 1. The summed E-state index contributed by atoms with van der Waals surface area (Å²) in [6.07, 6.45) is 1.09. The highest BCUT2D eigenvalue weighted by molar-refractivity contribution is 6.09. The van der Waals surface area contributed by atoms with E-state index in [0.29, 0.717) is 58.5 Å². The van der Waals surface area contributed by atoms with E-state index < -0.39 is 17.8 Å². The second kappa shape index (κ2) is 17.6. The molecule has 0 aliphatic carbocycles. The lowest BCUT2D eigenvalue weighted by Gasteiger charge is -2.36. The zero-order chi connectivity index (χ0) is 34.6. The molecule has 252 valence electrons. The number of hydrogen-bond acceptors (Lipinski definition) is 7. The topological polar surface area (TPSA) is 89.8 Å². The molecule has 0 fully saturated rings. The molecule has 0 radical (unpaired) electrons. The standard InChI is InChI=1S/C32H40F3N5O2.C4H10/c1-8-10-26(36)30-20(4)21(5)37-31(39-30)24-17-22(12-14-29(24)42-7)38-27(15-16-41)28(9-2)40(6)23-13-11-19(3)25(18-23)32(33,34)35;1-3-4-2/h11-14,16-18,27-28,36,38H,5,8-10,15H2,1-4,6-7H3,(H,37,39);3-4H2,1-2H3. The van der Waals surface area contributed by atoms with Gasteiger partial charge in [-0.2, -0.15) is 13.2 Å². The lowest BCUT2D eigenvalue weighted by molar-refractivity contribution is -0.138. The van der Waals surface area contributed by atoms with Gasteiger partial charge >= 0.3 is 6.18 Å². The number of nitrogens with one attached hydrogen (secondary N) is 3. The van der Waals surface area contributed by atoms with Gasteiger partial charge in [-0.25, -0.2) is 4.99 Å². The number of nitrogens with zero attached hydrogens (tertiary/aromatic N) is 2. The average molecular weight is 642 g/mol. The molecular weight excluding hydrogens is 591 g/mol. The van der Waals surface area contributed by atoms with Crippen molar-refractivity contribution in [1.82, 2.24) is 5.32 Å². The number of methoxy groups -OCH3 is 1. The summed E-state index contributed by atoms with van der Waals surface area (Å²) in [6, 6.07) is 9.02. The summed E-state index contributed by atoms with van der Waals surface area (Å²) in [5, 5.41) is 15.2. The maximum absolute atomic E-state index is 13.6. The second-order valence-electron chi connectivity index (χ2n) is 11.4. The van der Waals surface area contributed by atoms with Crippen LogP contribution in [0.15, 0.2) is 64.9 Å². The monoisotopic (exact) mass is 641 g/mol. The van der Waals surface area contributed by atoms with E-state index in [1.807, 2.05) is 32.9 Å². The Morgan fingerprint density at radius 3 is 2.33 bits per heavy atom. The molecule has 0 aromatic heterocycles. The Kier molecular flexibility index (Phi) is 14.6. The minimum Gasteiger partial charge on any atom is -0.496 e. The zero-order valence-corrected chi connectivity index (χ0v) is 28.5. The molecule has 7 nitrogen and oxygen atoms in total. The van der Waals surface area contributed by atoms with Crippen LogP contribution in [-0.4, -0.2) is 44.1 Å². The summed E-state index contributed by atoms with van der Waals surface area (Å²) in [5.74, 6) is 1.04. The fraction of sp³-hybridized carbons (Fsp3) is 0.472. The van der Waals surface area contributed by atoms with E-state index in [2.05, 4.69) is 31.1 Å². The molecule has 0 bridgehead atoms. The number of benzene rings is 2. The Morgan fingerprint density at radius 1 is 1.11 bits per heavy atom. The number of halogens is 3. The number of likely N-dealkylation sites (N-methyl/N-ethyl adjacent to an activating group) is 1. The number of allylic oxidation sites excluding steroid dienone is 2. The van der Waals surface area contributed by atoms with Crippen LogP contribution in [0, 0.1) is 12.3 Å². The van der Waals surface area contributed by atoms with E-state index in [1.54, 1.807) is 31.2 Å².